The van der Waals surface area contributed by atoms with E-state index in [1.807, 2.05) is 38.2 Å². The molecule has 0 amide bonds. The van der Waals surface area contributed by atoms with E-state index in [9.17, 15) is 0 Å². The monoisotopic (exact) mass is 283 g/mol. The Morgan fingerprint density at radius 3 is 2.50 bits per heavy atom. The van der Waals surface area contributed by atoms with Gasteiger partial charge >= 0.3 is 0 Å². The van der Waals surface area contributed by atoms with E-state index in [1.165, 1.54) is 0 Å². The number of aromatic nitrogens is 4. The molecule has 0 aliphatic heterocycles. The Morgan fingerprint density at radius 1 is 1.31 bits per heavy atom. The quantitative estimate of drug-likeness (QED) is 0.922. The van der Waals surface area contributed by atoms with Gasteiger partial charge in [-0.2, -0.15) is 10.2 Å². The van der Waals surface area contributed by atoms with Gasteiger partial charge in [-0.15, -0.1) is 0 Å². The van der Waals surface area contributed by atoms with Gasteiger partial charge in [-0.1, -0.05) is 0 Å². The number of nitrogens with zero attached hydrogens (tertiary/aromatic N) is 4. The molecule has 2 heterocycles. The Hall–Kier alpha value is -1.14. The zero-order valence-corrected chi connectivity index (χ0v) is 11.1. The molecule has 16 heavy (non-hydrogen) atoms. The molecule has 1 atom stereocenters. The Labute approximate surface area is 103 Å². The van der Waals surface area contributed by atoms with Crippen LogP contribution < -0.4 is 5.32 Å². The van der Waals surface area contributed by atoms with Crippen LogP contribution in [0.2, 0.25) is 0 Å². The van der Waals surface area contributed by atoms with E-state index in [4.69, 9.17) is 0 Å². The average Bonchev–Trinajstić information content (AvgIpc) is 2.80. The first kappa shape index (κ1) is 11.3. The maximum Gasteiger partial charge on any atom is 0.0788 e. The fourth-order valence-electron chi connectivity index (χ4n) is 1.80. The van der Waals surface area contributed by atoms with Crippen LogP contribution in [0.15, 0.2) is 23.1 Å². The van der Waals surface area contributed by atoms with Crippen molar-refractivity contribution >= 4 is 15.9 Å². The molecule has 0 saturated heterocycles. The highest BCUT2D eigenvalue weighted by Gasteiger charge is 2.20. The summed E-state index contributed by atoms with van der Waals surface area (Å²) in [5.41, 5.74) is 2.21. The zero-order valence-electron chi connectivity index (χ0n) is 9.48. The normalized spacial score (nSPS) is 13.0. The Bertz CT molecular complexity index is 468. The van der Waals surface area contributed by atoms with Crippen LogP contribution >= 0.6 is 15.9 Å². The number of aryl methyl sites for hydroxylation is 2. The average molecular weight is 284 g/mol. The number of hydrogen-bond acceptors (Lipinski definition) is 3. The van der Waals surface area contributed by atoms with Crippen molar-refractivity contribution < 1.29 is 0 Å². The second-order valence-corrected chi connectivity index (χ2v) is 4.52. The molecule has 2 aromatic rings. The van der Waals surface area contributed by atoms with Crippen LogP contribution in [-0.2, 0) is 14.1 Å². The maximum atomic E-state index is 4.22. The van der Waals surface area contributed by atoms with Crippen molar-refractivity contribution in [1.82, 2.24) is 24.9 Å². The van der Waals surface area contributed by atoms with E-state index in [1.54, 1.807) is 10.9 Å². The molecule has 0 spiro atoms. The molecule has 0 aliphatic carbocycles. The zero-order chi connectivity index (χ0) is 11.7. The molecule has 5 nitrogen and oxygen atoms in total. The molecule has 2 rings (SSSR count). The van der Waals surface area contributed by atoms with Gasteiger partial charge in [0.1, 0.15) is 0 Å². The summed E-state index contributed by atoms with van der Waals surface area (Å²) in [5.74, 6) is 0. The first-order valence-corrected chi connectivity index (χ1v) is 5.76. The van der Waals surface area contributed by atoms with Crippen molar-refractivity contribution in [1.29, 1.82) is 0 Å². The van der Waals surface area contributed by atoms with Crippen LogP contribution in [0.25, 0.3) is 0 Å². The largest absolute Gasteiger partial charge is 0.308 e. The maximum absolute atomic E-state index is 4.22. The van der Waals surface area contributed by atoms with E-state index in [2.05, 4.69) is 31.4 Å². The SMILES string of the molecule is CNC(c1cnn(C)c1)c1c(Br)cnn1C. The van der Waals surface area contributed by atoms with Crippen LogP contribution in [0, 0.1) is 0 Å². The molecule has 0 fully saturated rings. The van der Waals surface area contributed by atoms with Crippen LogP contribution in [0.5, 0.6) is 0 Å². The highest BCUT2D eigenvalue weighted by Crippen LogP contribution is 2.27. The van der Waals surface area contributed by atoms with Crippen molar-refractivity contribution in [2.24, 2.45) is 14.1 Å². The summed E-state index contributed by atoms with van der Waals surface area (Å²) in [6, 6.07) is 0.0931. The molecule has 0 bridgehead atoms. The molecule has 0 aromatic carbocycles. The summed E-state index contributed by atoms with van der Waals surface area (Å²) < 4.78 is 4.65. The minimum atomic E-state index is 0.0931. The number of rotatable bonds is 3. The molecular formula is C10H14BrN5. The van der Waals surface area contributed by atoms with Crippen LogP contribution in [0.4, 0.5) is 0 Å². The van der Waals surface area contributed by atoms with Gasteiger partial charge in [0.2, 0.25) is 0 Å². The van der Waals surface area contributed by atoms with Crippen molar-refractivity contribution in [3.05, 3.63) is 34.3 Å². The number of nitrogens with one attached hydrogen (secondary N) is 1. The van der Waals surface area contributed by atoms with Gasteiger partial charge < -0.3 is 5.32 Å². The Kier molecular flexibility index (Phi) is 3.11. The molecule has 1 unspecified atom stereocenters. The predicted molar refractivity (Wildman–Crippen MR) is 65.0 cm³/mol. The van der Waals surface area contributed by atoms with E-state index >= 15 is 0 Å². The third-order valence-corrected chi connectivity index (χ3v) is 3.17. The van der Waals surface area contributed by atoms with Crippen LogP contribution in [0.3, 0.4) is 0 Å². The highest BCUT2D eigenvalue weighted by atomic mass is 79.9. The third-order valence-electron chi connectivity index (χ3n) is 2.56. The lowest BCUT2D eigenvalue weighted by molar-refractivity contribution is 0.603. The number of hydrogen-bond donors (Lipinski definition) is 1. The molecule has 1 N–H and O–H groups in total. The summed E-state index contributed by atoms with van der Waals surface area (Å²) in [6.07, 6.45) is 5.66. The first-order valence-electron chi connectivity index (χ1n) is 4.96. The van der Waals surface area contributed by atoms with Gasteiger partial charge in [0, 0.05) is 25.9 Å². The molecule has 2 aromatic heterocycles. The van der Waals surface area contributed by atoms with Crippen molar-refractivity contribution in [2.45, 2.75) is 6.04 Å². The summed E-state index contributed by atoms with van der Waals surface area (Å²) in [4.78, 5) is 0. The van der Waals surface area contributed by atoms with Crippen LogP contribution in [0.1, 0.15) is 17.3 Å². The topological polar surface area (TPSA) is 47.7 Å². The van der Waals surface area contributed by atoms with Crippen molar-refractivity contribution in [3.8, 4) is 0 Å². The smallest absolute Gasteiger partial charge is 0.0788 e. The van der Waals surface area contributed by atoms with Crippen molar-refractivity contribution in [3.63, 3.8) is 0 Å². The molecule has 0 aliphatic rings. The molecule has 6 heteroatoms. The van der Waals surface area contributed by atoms with Gasteiger partial charge in [-0.05, 0) is 23.0 Å². The Morgan fingerprint density at radius 2 is 2.06 bits per heavy atom. The first-order chi connectivity index (χ1) is 7.63. The lowest BCUT2D eigenvalue weighted by Gasteiger charge is -2.15. The summed E-state index contributed by atoms with van der Waals surface area (Å²) >= 11 is 3.51. The minimum Gasteiger partial charge on any atom is -0.308 e. The lowest BCUT2D eigenvalue weighted by atomic mass is 10.1. The summed E-state index contributed by atoms with van der Waals surface area (Å²) in [5, 5.41) is 11.7. The van der Waals surface area contributed by atoms with E-state index < -0.39 is 0 Å². The fourth-order valence-corrected chi connectivity index (χ4v) is 2.37. The van der Waals surface area contributed by atoms with Gasteiger partial charge in [0.05, 0.1) is 28.6 Å². The summed E-state index contributed by atoms with van der Waals surface area (Å²) in [6.45, 7) is 0. The number of halogens is 1. The van der Waals surface area contributed by atoms with Crippen LogP contribution in [-0.4, -0.2) is 26.6 Å². The fraction of sp³-hybridized carbons (Fsp3) is 0.400. The lowest BCUT2D eigenvalue weighted by Crippen LogP contribution is -2.20. The van der Waals surface area contributed by atoms with Gasteiger partial charge in [0.25, 0.3) is 0 Å². The van der Waals surface area contributed by atoms with E-state index in [0.29, 0.717) is 0 Å². The minimum absolute atomic E-state index is 0.0931. The standard InChI is InChI=1S/C10H14BrN5/c1-12-9(7-4-13-15(2)6-7)10-8(11)5-14-16(10)3/h4-6,9,12H,1-3H3. The third kappa shape index (κ3) is 1.90. The van der Waals surface area contributed by atoms with Crippen molar-refractivity contribution in [2.75, 3.05) is 7.05 Å². The second kappa shape index (κ2) is 4.39. The van der Waals surface area contributed by atoms with E-state index in [0.717, 1.165) is 15.7 Å². The van der Waals surface area contributed by atoms with Gasteiger partial charge in [-0.25, -0.2) is 0 Å². The van der Waals surface area contributed by atoms with Gasteiger partial charge in [0.15, 0.2) is 0 Å². The second-order valence-electron chi connectivity index (χ2n) is 3.67. The van der Waals surface area contributed by atoms with Gasteiger partial charge in [-0.3, -0.25) is 9.36 Å². The molecular weight excluding hydrogens is 270 g/mol. The highest BCUT2D eigenvalue weighted by molar-refractivity contribution is 9.10. The molecule has 86 valence electrons. The van der Waals surface area contributed by atoms with E-state index in [-0.39, 0.29) is 6.04 Å². The predicted octanol–water partition coefficient (Wildman–Crippen LogP) is 1.22. The summed E-state index contributed by atoms with van der Waals surface area (Å²) in [7, 11) is 5.77. The molecule has 0 radical (unpaired) electrons. The molecule has 0 saturated carbocycles. The Balaban J connectivity index is 2.44.